The molecule has 0 aliphatic carbocycles. The van der Waals surface area contributed by atoms with E-state index in [9.17, 15) is 5.11 Å². The van der Waals surface area contributed by atoms with Gasteiger partial charge in [0.1, 0.15) is 5.75 Å². The molecule has 3 nitrogen and oxygen atoms in total. The van der Waals surface area contributed by atoms with E-state index in [0.717, 1.165) is 22.6 Å². The van der Waals surface area contributed by atoms with E-state index in [1.807, 2.05) is 12.3 Å². The van der Waals surface area contributed by atoms with Crippen LogP contribution in [0.1, 0.15) is 17.0 Å². The van der Waals surface area contributed by atoms with Gasteiger partial charge in [0.25, 0.3) is 0 Å². The van der Waals surface area contributed by atoms with Crippen molar-refractivity contribution in [2.75, 3.05) is 0 Å². The molecular formula is C19H17IN2O. The zero-order chi connectivity index (χ0) is 16.4. The molecule has 1 aromatic heterocycles. The van der Waals surface area contributed by atoms with Gasteiger partial charge in [-0.2, -0.15) is 0 Å². The number of aryl methyl sites for hydroxylation is 1. The number of aromatic hydroxyl groups is 1. The van der Waals surface area contributed by atoms with E-state index in [0.29, 0.717) is 0 Å². The predicted molar refractivity (Wildman–Crippen MR) is 103 cm³/mol. The highest BCUT2D eigenvalue weighted by atomic mass is 127. The van der Waals surface area contributed by atoms with Crippen LogP contribution >= 0.6 is 22.6 Å². The van der Waals surface area contributed by atoms with Crippen molar-refractivity contribution in [2.24, 2.45) is 4.99 Å². The van der Waals surface area contributed by atoms with Gasteiger partial charge in [-0.05, 0) is 78.9 Å². The van der Waals surface area contributed by atoms with E-state index in [1.165, 1.54) is 9.26 Å². The number of benzene rings is 2. The van der Waals surface area contributed by atoms with E-state index in [-0.39, 0.29) is 5.75 Å². The maximum Gasteiger partial charge on any atom is 0.117 e. The Morgan fingerprint density at radius 2 is 1.78 bits per heavy atom. The van der Waals surface area contributed by atoms with Crippen molar-refractivity contribution >= 4 is 34.5 Å². The number of phenols is 1. The van der Waals surface area contributed by atoms with Crippen LogP contribution in [-0.2, 0) is 0 Å². The van der Waals surface area contributed by atoms with Gasteiger partial charge in [-0.3, -0.25) is 4.99 Å². The molecule has 1 heterocycles. The Bertz CT molecular complexity index is 864. The average molecular weight is 416 g/mol. The quantitative estimate of drug-likeness (QED) is 0.465. The van der Waals surface area contributed by atoms with Crippen LogP contribution in [0.15, 0.2) is 59.6 Å². The fraction of sp³-hybridized carbons (Fsp3) is 0.105. The monoisotopic (exact) mass is 416 g/mol. The largest absolute Gasteiger partial charge is 0.508 e. The number of phenolic OH excluding ortho intramolecular Hbond substituents is 1. The Morgan fingerprint density at radius 3 is 2.48 bits per heavy atom. The molecule has 0 unspecified atom stereocenters. The Kier molecular flexibility index (Phi) is 4.52. The summed E-state index contributed by atoms with van der Waals surface area (Å²) in [6, 6.07) is 17.5. The summed E-state index contributed by atoms with van der Waals surface area (Å²) in [5, 5.41) is 9.51. The van der Waals surface area contributed by atoms with Crippen molar-refractivity contribution < 1.29 is 5.11 Å². The van der Waals surface area contributed by atoms with Crippen LogP contribution in [0.5, 0.6) is 5.75 Å². The molecule has 116 valence electrons. The first-order valence-electron chi connectivity index (χ1n) is 7.32. The van der Waals surface area contributed by atoms with Crippen LogP contribution in [0.2, 0.25) is 0 Å². The van der Waals surface area contributed by atoms with Crippen molar-refractivity contribution in [3.63, 3.8) is 0 Å². The molecule has 1 N–H and O–H groups in total. The number of halogens is 1. The van der Waals surface area contributed by atoms with E-state index in [1.54, 1.807) is 18.2 Å². The summed E-state index contributed by atoms with van der Waals surface area (Å²) in [6.07, 6.45) is 1.85. The molecular weight excluding hydrogens is 399 g/mol. The Morgan fingerprint density at radius 1 is 1.04 bits per heavy atom. The molecule has 0 saturated carbocycles. The molecule has 4 heteroatoms. The van der Waals surface area contributed by atoms with Gasteiger partial charge in [-0.15, -0.1) is 0 Å². The van der Waals surface area contributed by atoms with Crippen molar-refractivity contribution in [1.29, 1.82) is 0 Å². The molecule has 0 atom stereocenters. The minimum atomic E-state index is 0.226. The summed E-state index contributed by atoms with van der Waals surface area (Å²) in [5.74, 6) is 0.226. The molecule has 23 heavy (non-hydrogen) atoms. The summed E-state index contributed by atoms with van der Waals surface area (Å²) in [6.45, 7) is 4.19. The number of hydrogen-bond acceptors (Lipinski definition) is 2. The molecule has 3 rings (SSSR count). The average Bonchev–Trinajstić information content (AvgIpc) is 2.81. The molecule has 0 aliphatic rings. The Balaban J connectivity index is 1.96. The maximum absolute atomic E-state index is 9.51. The lowest BCUT2D eigenvalue weighted by Crippen LogP contribution is -1.99. The Labute approximate surface area is 149 Å². The first-order valence-corrected chi connectivity index (χ1v) is 8.40. The second-order valence-electron chi connectivity index (χ2n) is 5.42. The summed E-state index contributed by atoms with van der Waals surface area (Å²) in [5.41, 5.74) is 5.28. The summed E-state index contributed by atoms with van der Waals surface area (Å²) in [4.78, 5) is 4.46. The molecule has 0 spiro atoms. The van der Waals surface area contributed by atoms with Crippen LogP contribution in [-0.4, -0.2) is 15.9 Å². The molecule has 0 radical (unpaired) electrons. The van der Waals surface area contributed by atoms with Crippen molar-refractivity contribution in [1.82, 2.24) is 4.57 Å². The van der Waals surface area contributed by atoms with Crippen LogP contribution < -0.4 is 0 Å². The lowest BCUT2D eigenvalue weighted by molar-refractivity contribution is 0.475. The van der Waals surface area contributed by atoms with Crippen molar-refractivity contribution in [3.05, 3.63) is 75.1 Å². The van der Waals surface area contributed by atoms with Crippen LogP contribution in [0.25, 0.3) is 5.69 Å². The molecule has 0 bridgehead atoms. The maximum atomic E-state index is 9.51. The van der Waals surface area contributed by atoms with E-state index in [2.05, 4.69) is 76.3 Å². The number of rotatable bonds is 3. The van der Waals surface area contributed by atoms with Crippen molar-refractivity contribution in [2.45, 2.75) is 13.8 Å². The zero-order valence-electron chi connectivity index (χ0n) is 13.0. The SMILES string of the molecule is Cc1cc(C=Nc2cccc(O)c2)c(C)n1-c1ccc(I)cc1. The standard InChI is InChI=1S/C19H17IN2O/c1-13-10-15(12-21-17-4-3-5-19(23)11-17)14(2)22(13)18-8-6-16(20)7-9-18/h3-12,23H,1-2H3. The highest BCUT2D eigenvalue weighted by Crippen LogP contribution is 2.22. The van der Waals surface area contributed by atoms with Crippen LogP contribution in [0.4, 0.5) is 5.69 Å². The van der Waals surface area contributed by atoms with E-state index in [4.69, 9.17) is 0 Å². The van der Waals surface area contributed by atoms with Gasteiger partial charge in [0.15, 0.2) is 0 Å². The van der Waals surface area contributed by atoms with Crippen molar-refractivity contribution in [3.8, 4) is 11.4 Å². The highest BCUT2D eigenvalue weighted by Gasteiger charge is 2.09. The highest BCUT2D eigenvalue weighted by molar-refractivity contribution is 14.1. The molecule has 0 saturated heterocycles. The minimum Gasteiger partial charge on any atom is -0.508 e. The second kappa shape index (κ2) is 6.58. The van der Waals surface area contributed by atoms with Gasteiger partial charge in [-0.1, -0.05) is 6.07 Å². The molecule has 3 aromatic rings. The third-order valence-electron chi connectivity index (χ3n) is 3.74. The molecule has 2 aromatic carbocycles. The number of aliphatic imine (C=N–C) groups is 1. The first kappa shape index (κ1) is 15.8. The molecule has 0 amide bonds. The number of nitrogens with zero attached hydrogens (tertiary/aromatic N) is 2. The fourth-order valence-electron chi connectivity index (χ4n) is 2.62. The first-order chi connectivity index (χ1) is 11.0. The van der Waals surface area contributed by atoms with Gasteiger partial charge in [0, 0.05) is 38.5 Å². The second-order valence-corrected chi connectivity index (χ2v) is 6.66. The normalized spacial score (nSPS) is 11.3. The smallest absolute Gasteiger partial charge is 0.117 e. The zero-order valence-corrected chi connectivity index (χ0v) is 15.2. The third kappa shape index (κ3) is 3.47. The lowest BCUT2D eigenvalue weighted by atomic mass is 10.2. The Hall–Kier alpha value is -2.08. The summed E-state index contributed by atoms with van der Waals surface area (Å²) in [7, 11) is 0. The van der Waals surface area contributed by atoms with Gasteiger partial charge in [0.2, 0.25) is 0 Å². The van der Waals surface area contributed by atoms with Gasteiger partial charge in [-0.25, -0.2) is 0 Å². The molecule has 0 aliphatic heterocycles. The summed E-state index contributed by atoms with van der Waals surface area (Å²) >= 11 is 2.31. The van der Waals surface area contributed by atoms with Gasteiger partial charge in [0.05, 0.1) is 5.69 Å². The third-order valence-corrected chi connectivity index (χ3v) is 4.46. The predicted octanol–water partition coefficient (Wildman–Crippen LogP) is 5.15. The fourth-order valence-corrected chi connectivity index (χ4v) is 2.98. The van der Waals surface area contributed by atoms with E-state index >= 15 is 0 Å². The summed E-state index contributed by atoms with van der Waals surface area (Å²) < 4.78 is 3.44. The minimum absolute atomic E-state index is 0.226. The topological polar surface area (TPSA) is 37.5 Å². The number of hydrogen-bond donors (Lipinski definition) is 1. The van der Waals surface area contributed by atoms with E-state index < -0.39 is 0 Å². The number of aromatic nitrogens is 1. The van der Waals surface area contributed by atoms with Crippen LogP contribution in [0.3, 0.4) is 0 Å². The van der Waals surface area contributed by atoms with Crippen LogP contribution in [0, 0.1) is 17.4 Å². The molecule has 0 fully saturated rings. The van der Waals surface area contributed by atoms with Gasteiger partial charge >= 0.3 is 0 Å². The van der Waals surface area contributed by atoms with Gasteiger partial charge < -0.3 is 9.67 Å². The lowest BCUT2D eigenvalue weighted by Gasteiger charge is -2.09.